The zero-order chi connectivity index (χ0) is 8.57. The molecule has 0 aliphatic rings. The maximum Gasteiger partial charge on any atom is 0.100 e. The van der Waals surface area contributed by atoms with Crippen LogP contribution in [0.4, 0.5) is 0 Å². The highest BCUT2D eigenvalue weighted by Gasteiger charge is 1.93. The van der Waals surface area contributed by atoms with E-state index in [1.54, 1.807) is 6.92 Å². The minimum Gasteiger partial charge on any atom is -0.394 e. The Bertz CT molecular complexity index is 52.9. The Morgan fingerprint density at radius 2 is 1.40 bits per heavy atom. The lowest BCUT2D eigenvalue weighted by Gasteiger charge is -1.96. The van der Waals surface area contributed by atoms with Gasteiger partial charge in [-0.2, -0.15) is 0 Å². The quantitative estimate of drug-likeness (QED) is 0.260. The summed E-state index contributed by atoms with van der Waals surface area (Å²) in [6.07, 6.45) is -0.954. The summed E-state index contributed by atoms with van der Waals surface area (Å²) in [6, 6.07) is 0. The predicted molar refractivity (Wildman–Crippen MR) is 40.8 cm³/mol. The van der Waals surface area contributed by atoms with Crippen LogP contribution >= 0.6 is 12.6 Å². The molecule has 0 bridgehead atoms. The van der Waals surface area contributed by atoms with E-state index in [9.17, 15) is 0 Å². The lowest BCUT2D eigenvalue weighted by molar-refractivity contribution is 0.0450. The monoisotopic (exact) mass is 170 g/mol. The molecule has 4 nitrogen and oxygen atoms in total. The van der Waals surface area contributed by atoms with Crippen molar-refractivity contribution in [3.05, 3.63) is 0 Å². The molecular weight excluding hydrogens is 156 g/mol. The fourth-order valence-electron chi connectivity index (χ4n) is 0.0577. The van der Waals surface area contributed by atoms with Crippen molar-refractivity contribution in [3.63, 3.8) is 0 Å². The maximum atomic E-state index is 8.17. The molecule has 1 atom stereocenters. The van der Waals surface area contributed by atoms with E-state index in [2.05, 4.69) is 12.6 Å². The van der Waals surface area contributed by atoms with E-state index in [1.165, 1.54) is 0 Å². The fraction of sp³-hybridized carbons (Fsp3) is 1.00. The second-order valence-corrected chi connectivity index (χ2v) is 2.40. The van der Waals surface area contributed by atoms with Crippen LogP contribution in [0.5, 0.6) is 0 Å². The van der Waals surface area contributed by atoms with Crippen molar-refractivity contribution < 1.29 is 20.4 Å². The van der Waals surface area contributed by atoms with Gasteiger partial charge in [-0.25, -0.2) is 0 Å². The highest BCUT2D eigenvalue weighted by Crippen LogP contribution is 1.78. The molecule has 64 valence electrons. The van der Waals surface area contributed by atoms with Crippen molar-refractivity contribution in [1.29, 1.82) is 0 Å². The Balaban J connectivity index is 0. The Kier molecular flexibility index (Phi) is 11.8. The number of thiol groups is 1. The van der Waals surface area contributed by atoms with Crippen LogP contribution in [0.1, 0.15) is 6.92 Å². The van der Waals surface area contributed by atoms with Crippen LogP contribution in [0.3, 0.4) is 0 Å². The first kappa shape index (κ1) is 12.8. The van der Waals surface area contributed by atoms with E-state index in [-0.39, 0.29) is 13.2 Å². The normalized spacial score (nSPS) is 12.3. The smallest absolute Gasteiger partial charge is 0.100 e. The van der Waals surface area contributed by atoms with Gasteiger partial charge in [0, 0.05) is 0 Å². The van der Waals surface area contributed by atoms with Gasteiger partial charge in [0.25, 0.3) is 0 Å². The molecule has 0 saturated heterocycles. The topological polar surface area (TPSA) is 80.9 Å². The molecule has 0 aliphatic heterocycles. The van der Waals surface area contributed by atoms with Gasteiger partial charge in [0.15, 0.2) is 0 Å². The van der Waals surface area contributed by atoms with Crippen molar-refractivity contribution in [3.8, 4) is 0 Å². The first-order valence-corrected chi connectivity index (χ1v) is 3.32. The second-order valence-electron chi connectivity index (χ2n) is 1.65. The van der Waals surface area contributed by atoms with Crippen LogP contribution in [0.25, 0.3) is 0 Å². The van der Waals surface area contributed by atoms with Crippen molar-refractivity contribution in [2.75, 3.05) is 13.2 Å². The number of aliphatic hydroxyl groups excluding tert-OH is 4. The van der Waals surface area contributed by atoms with Crippen molar-refractivity contribution in [1.82, 2.24) is 0 Å². The average molecular weight is 170 g/mol. The number of hydrogen-bond acceptors (Lipinski definition) is 5. The molecule has 10 heavy (non-hydrogen) atoms. The third-order valence-electron chi connectivity index (χ3n) is 0.421. The first-order valence-electron chi connectivity index (χ1n) is 2.80. The standard InChI is InChI=1S/C3H8O3.C2H6OS/c4-1-3(6)2-5;1-2(3)4/h3-6H,1-2H2;2-4H,1H3. The Hall–Kier alpha value is 0.190. The van der Waals surface area contributed by atoms with Crippen LogP contribution in [0, 0.1) is 0 Å². The molecule has 0 spiro atoms. The fourth-order valence-corrected chi connectivity index (χ4v) is 0.0577. The zero-order valence-electron chi connectivity index (χ0n) is 5.80. The minimum absolute atomic E-state index is 0.365. The number of aliphatic hydroxyl groups is 4. The summed E-state index contributed by atoms with van der Waals surface area (Å²) in [6.45, 7) is 0.857. The molecule has 1 unspecified atom stereocenters. The second kappa shape index (κ2) is 9.19. The summed E-state index contributed by atoms with van der Waals surface area (Å²) < 4.78 is 0. The third-order valence-corrected chi connectivity index (χ3v) is 0.421. The van der Waals surface area contributed by atoms with E-state index in [0.717, 1.165) is 0 Å². The summed E-state index contributed by atoms with van der Waals surface area (Å²) in [5.74, 6) is 0. The molecular formula is C5H14O4S. The van der Waals surface area contributed by atoms with Gasteiger partial charge in [-0.05, 0) is 6.92 Å². The van der Waals surface area contributed by atoms with Gasteiger partial charge in [-0.1, -0.05) is 0 Å². The lowest BCUT2D eigenvalue weighted by Crippen LogP contribution is -2.15. The predicted octanol–water partition coefficient (Wildman–Crippen LogP) is -1.41. The summed E-state index contributed by atoms with van der Waals surface area (Å²) >= 11 is 3.52. The molecule has 0 heterocycles. The molecule has 4 N–H and O–H groups in total. The van der Waals surface area contributed by atoms with E-state index < -0.39 is 11.5 Å². The van der Waals surface area contributed by atoms with Gasteiger partial charge in [0.2, 0.25) is 0 Å². The minimum atomic E-state index is -0.954. The summed E-state index contributed by atoms with van der Waals surface area (Å²) in [5.41, 5.74) is -0.472. The van der Waals surface area contributed by atoms with Gasteiger partial charge in [0.1, 0.15) is 6.10 Å². The Morgan fingerprint density at radius 3 is 1.40 bits per heavy atom. The maximum absolute atomic E-state index is 8.17. The highest BCUT2D eigenvalue weighted by atomic mass is 32.1. The van der Waals surface area contributed by atoms with Crippen LogP contribution < -0.4 is 0 Å². The van der Waals surface area contributed by atoms with Gasteiger partial charge < -0.3 is 20.4 Å². The largest absolute Gasteiger partial charge is 0.394 e. The van der Waals surface area contributed by atoms with Gasteiger partial charge in [-0.3, -0.25) is 0 Å². The molecule has 0 fully saturated rings. The van der Waals surface area contributed by atoms with Crippen molar-refractivity contribution in [2.45, 2.75) is 18.5 Å². The van der Waals surface area contributed by atoms with Crippen LogP contribution in [-0.4, -0.2) is 45.2 Å². The van der Waals surface area contributed by atoms with Crippen LogP contribution in [0.15, 0.2) is 0 Å². The Labute approximate surface area is 65.5 Å². The van der Waals surface area contributed by atoms with E-state index in [1.807, 2.05) is 0 Å². The molecule has 0 amide bonds. The zero-order valence-corrected chi connectivity index (χ0v) is 6.70. The molecule has 0 aromatic carbocycles. The first-order chi connectivity index (χ1) is 4.54. The third kappa shape index (κ3) is 24.1. The number of hydrogen-bond donors (Lipinski definition) is 5. The summed E-state index contributed by atoms with van der Waals surface area (Å²) in [4.78, 5) is 0. The van der Waals surface area contributed by atoms with Crippen molar-refractivity contribution >= 4 is 12.6 Å². The van der Waals surface area contributed by atoms with E-state index >= 15 is 0 Å². The van der Waals surface area contributed by atoms with E-state index in [0.29, 0.717) is 0 Å². The molecule has 5 heteroatoms. The number of rotatable bonds is 2. The molecule has 0 rings (SSSR count). The van der Waals surface area contributed by atoms with Crippen LogP contribution in [-0.2, 0) is 0 Å². The van der Waals surface area contributed by atoms with Gasteiger partial charge >= 0.3 is 0 Å². The van der Waals surface area contributed by atoms with Gasteiger partial charge in [0.05, 0.1) is 18.6 Å². The molecule has 0 radical (unpaired) electrons. The van der Waals surface area contributed by atoms with Gasteiger partial charge in [-0.15, -0.1) is 12.6 Å². The SMILES string of the molecule is CC(O)S.OCC(O)CO. The molecule has 0 aromatic heterocycles. The molecule has 0 saturated carbocycles. The van der Waals surface area contributed by atoms with Crippen molar-refractivity contribution in [2.24, 2.45) is 0 Å². The molecule has 0 aromatic rings. The van der Waals surface area contributed by atoms with E-state index in [4.69, 9.17) is 20.4 Å². The average Bonchev–Trinajstić information content (AvgIpc) is 1.85. The van der Waals surface area contributed by atoms with Crippen LogP contribution in [0.2, 0.25) is 0 Å². The summed E-state index contributed by atoms with van der Waals surface area (Å²) in [5, 5.41) is 31.9. The highest BCUT2D eigenvalue weighted by molar-refractivity contribution is 7.80. The molecule has 0 aliphatic carbocycles. The lowest BCUT2D eigenvalue weighted by atomic mass is 10.4. The Morgan fingerprint density at radius 1 is 1.20 bits per heavy atom. The summed E-state index contributed by atoms with van der Waals surface area (Å²) in [7, 11) is 0.